The monoisotopic (exact) mass is 218 g/mol. The summed E-state index contributed by atoms with van der Waals surface area (Å²) in [4.78, 5) is 10.2. The van der Waals surface area contributed by atoms with Crippen LogP contribution in [-0.2, 0) is 9.53 Å². The van der Waals surface area contributed by atoms with Crippen molar-refractivity contribution in [3.05, 3.63) is 54.1 Å². The molecular weight excluding hydrogens is 200 g/mol. The van der Waals surface area contributed by atoms with Crippen molar-refractivity contribution in [2.45, 2.75) is 13.8 Å². The standard InChI is InChI=1S/C9H10.C5H8O2/c1-3-9-6-4-8(2)5-7-9;1-4(2)5(6)7-3/h3-7H,1H2,2H3;1H2,2-3H3. The van der Waals surface area contributed by atoms with Gasteiger partial charge in [-0.05, 0) is 19.4 Å². The fourth-order valence-corrected chi connectivity index (χ4v) is 0.877. The van der Waals surface area contributed by atoms with Crippen LogP contribution < -0.4 is 0 Å². The van der Waals surface area contributed by atoms with Crippen LogP contribution >= 0.6 is 0 Å². The van der Waals surface area contributed by atoms with Crippen molar-refractivity contribution in [3.8, 4) is 0 Å². The maximum absolute atomic E-state index is 10.2. The third-order valence-electron chi connectivity index (χ3n) is 1.85. The van der Waals surface area contributed by atoms with E-state index >= 15 is 0 Å². The average Bonchev–Trinajstić information content (AvgIpc) is 2.29. The molecule has 86 valence electrons. The quantitative estimate of drug-likeness (QED) is 0.562. The Kier molecular flexibility index (Phi) is 6.61. The molecule has 0 aliphatic carbocycles. The number of carbonyl (C=O) groups excluding carboxylic acids is 1. The van der Waals surface area contributed by atoms with Gasteiger partial charge in [0.2, 0.25) is 0 Å². The number of hydrogen-bond donors (Lipinski definition) is 0. The highest BCUT2D eigenvalue weighted by molar-refractivity contribution is 5.86. The van der Waals surface area contributed by atoms with Crippen LogP contribution in [-0.4, -0.2) is 13.1 Å². The van der Waals surface area contributed by atoms with Gasteiger partial charge in [0.25, 0.3) is 0 Å². The molecule has 0 aliphatic heterocycles. The van der Waals surface area contributed by atoms with Gasteiger partial charge in [0.05, 0.1) is 7.11 Å². The molecule has 0 N–H and O–H groups in total. The summed E-state index contributed by atoms with van der Waals surface area (Å²) in [5.41, 5.74) is 2.91. The van der Waals surface area contributed by atoms with E-state index in [1.807, 2.05) is 6.08 Å². The van der Waals surface area contributed by atoms with Crippen LogP contribution in [0, 0.1) is 6.92 Å². The van der Waals surface area contributed by atoms with Crippen LogP contribution in [0.15, 0.2) is 43.0 Å². The molecule has 0 fully saturated rings. The maximum Gasteiger partial charge on any atom is 0.332 e. The van der Waals surface area contributed by atoms with E-state index < -0.39 is 0 Å². The Bertz CT molecular complexity index is 361. The first kappa shape index (κ1) is 14.2. The molecule has 0 saturated carbocycles. The van der Waals surface area contributed by atoms with E-state index in [2.05, 4.69) is 49.1 Å². The lowest BCUT2D eigenvalue weighted by molar-refractivity contribution is -0.136. The summed E-state index contributed by atoms with van der Waals surface area (Å²) in [7, 11) is 1.33. The van der Waals surface area contributed by atoms with Crippen molar-refractivity contribution in [1.82, 2.24) is 0 Å². The fourth-order valence-electron chi connectivity index (χ4n) is 0.877. The Morgan fingerprint density at radius 3 is 2.06 bits per heavy atom. The van der Waals surface area contributed by atoms with Crippen LogP contribution in [0.5, 0.6) is 0 Å². The summed E-state index contributed by atoms with van der Waals surface area (Å²) in [6, 6.07) is 8.28. The van der Waals surface area contributed by atoms with Gasteiger partial charge in [-0.25, -0.2) is 4.79 Å². The zero-order valence-electron chi connectivity index (χ0n) is 10.1. The van der Waals surface area contributed by atoms with E-state index in [1.54, 1.807) is 6.92 Å². The second-order valence-corrected chi connectivity index (χ2v) is 3.39. The van der Waals surface area contributed by atoms with Gasteiger partial charge in [0.15, 0.2) is 0 Å². The number of aryl methyl sites for hydroxylation is 1. The van der Waals surface area contributed by atoms with Crippen molar-refractivity contribution >= 4 is 12.0 Å². The predicted molar refractivity (Wildman–Crippen MR) is 68.1 cm³/mol. The number of rotatable bonds is 2. The molecule has 0 bridgehead atoms. The fraction of sp³-hybridized carbons (Fsp3) is 0.214. The smallest absolute Gasteiger partial charge is 0.332 e. The molecule has 1 aromatic carbocycles. The zero-order chi connectivity index (χ0) is 12.6. The second-order valence-electron chi connectivity index (χ2n) is 3.39. The van der Waals surface area contributed by atoms with Crippen molar-refractivity contribution in [1.29, 1.82) is 0 Å². The summed E-state index contributed by atoms with van der Waals surface area (Å²) in [5.74, 6) is -0.347. The van der Waals surface area contributed by atoms with Crippen LogP contribution in [0.2, 0.25) is 0 Å². The zero-order valence-corrected chi connectivity index (χ0v) is 10.1. The van der Waals surface area contributed by atoms with E-state index in [4.69, 9.17) is 0 Å². The van der Waals surface area contributed by atoms with E-state index in [0.717, 1.165) is 0 Å². The van der Waals surface area contributed by atoms with Crippen molar-refractivity contribution in [2.75, 3.05) is 7.11 Å². The van der Waals surface area contributed by atoms with E-state index in [-0.39, 0.29) is 5.97 Å². The first-order valence-electron chi connectivity index (χ1n) is 4.94. The topological polar surface area (TPSA) is 26.3 Å². The highest BCUT2D eigenvalue weighted by atomic mass is 16.5. The number of carbonyl (C=O) groups is 1. The molecule has 0 aliphatic rings. The molecule has 1 aromatic rings. The molecule has 0 saturated heterocycles. The number of benzene rings is 1. The van der Waals surface area contributed by atoms with E-state index in [9.17, 15) is 4.79 Å². The first-order chi connectivity index (χ1) is 7.51. The molecule has 0 amide bonds. The van der Waals surface area contributed by atoms with Crippen LogP contribution in [0.25, 0.3) is 6.08 Å². The van der Waals surface area contributed by atoms with Gasteiger partial charge < -0.3 is 4.74 Å². The molecule has 0 unspecified atom stereocenters. The molecule has 2 nitrogen and oxygen atoms in total. The molecule has 0 spiro atoms. The van der Waals surface area contributed by atoms with Crippen LogP contribution in [0.4, 0.5) is 0 Å². The Balaban J connectivity index is 0.000000293. The number of ether oxygens (including phenoxy) is 1. The second kappa shape index (κ2) is 7.46. The number of hydrogen-bond acceptors (Lipinski definition) is 2. The van der Waals surface area contributed by atoms with Gasteiger partial charge in [-0.1, -0.05) is 49.1 Å². The Morgan fingerprint density at radius 2 is 1.81 bits per heavy atom. The highest BCUT2D eigenvalue weighted by Crippen LogP contribution is 2.02. The minimum Gasteiger partial charge on any atom is -0.466 e. The minimum atomic E-state index is -0.347. The molecule has 0 heterocycles. The third-order valence-corrected chi connectivity index (χ3v) is 1.85. The summed E-state index contributed by atoms with van der Waals surface area (Å²) >= 11 is 0. The molecule has 0 radical (unpaired) electrons. The van der Waals surface area contributed by atoms with Gasteiger partial charge in [-0.3, -0.25) is 0 Å². The molecule has 1 rings (SSSR count). The third kappa shape index (κ3) is 5.81. The molecule has 0 atom stereocenters. The maximum atomic E-state index is 10.2. The summed E-state index contributed by atoms with van der Waals surface area (Å²) < 4.78 is 4.27. The molecule has 16 heavy (non-hydrogen) atoms. The SMILES string of the molecule is C=C(C)C(=O)OC.C=Cc1ccc(C)cc1. The molecule has 2 heteroatoms. The first-order valence-corrected chi connectivity index (χ1v) is 4.94. The van der Waals surface area contributed by atoms with Crippen LogP contribution in [0.3, 0.4) is 0 Å². The summed E-state index contributed by atoms with van der Waals surface area (Å²) in [5, 5.41) is 0. The average molecular weight is 218 g/mol. The van der Waals surface area contributed by atoms with Gasteiger partial charge in [0, 0.05) is 5.57 Å². The van der Waals surface area contributed by atoms with E-state index in [0.29, 0.717) is 5.57 Å². The lowest BCUT2D eigenvalue weighted by Gasteiger charge is -1.91. The largest absolute Gasteiger partial charge is 0.466 e. The molecular formula is C14H18O2. The van der Waals surface area contributed by atoms with Gasteiger partial charge in [0.1, 0.15) is 0 Å². The molecule has 0 aromatic heterocycles. The van der Waals surface area contributed by atoms with Gasteiger partial charge in [-0.15, -0.1) is 0 Å². The van der Waals surface area contributed by atoms with Gasteiger partial charge in [-0.2, -0.15) is 0 Å². The minimum absolute atomic E-state index is 0.347. The van der Waals surface area contributed by atoms with Crippen molar-refractivity contribution in [2.24, 2.45) is 0 Å². The van der Waals surface area contributed by atoms with E-state index in [1.165, 1.54) is 18.2 Å². The number of esters is 1. The van der Waals surface area contributed by atoms with Gasteiger partial charge >= 0.3 is 5.97 Å². The highest BCUT2D eigenvalue weighted by Gasteiger charge is 1.95. The Labute approximate surface area is 97.3 Å². The summed E-state index contributed by atoms with van der Waals surface area (Å²) in [6.45, 7) is 10.7. The predicted octanol–water partition coefficient (Wildman–Crippen LogP) is 3.37. The Hall–Kier alpha value is -1.83. The van der Waals surface area contributed by atoms with Crippen molar-refractivity contribution < 1.29 is 9.53 Å². The van der Waals surface area contributed by atoms with Crippen LogP contribution in [0.1, 0.15) is 18.1 Å². The lowest BCUT2D eigenvalue weighted by atomic mass is 10.2. The summed E-state index contributed by atoms with van der Waals surface area (Å²) in [6.07, 6.45) is 1.85. The lowest BCUT2D eigenvalue weighted by Crippen LogP contribution is -1.98. The Morgan fingerprint density at radius 1 is 1.31 bits per heavy atom. The van der Waals surface area contributed by atoms with Crippen molar-refractivity contribution in [3.63, 3.8) is 0 Å². The normalized spacial score (nSPS) is 8.44. The number of methoxy groups -OCH3 is 1.